The standard InChI is InChI=1S/C17H14N2O2/c20-13-8-6-12(7-9-13)16-18-17(21-19-16)15-10-14(15)11-4-2-1-3-5-11/h1-9,14-15,20H,10H2. The molecule has 2 atom stereocenters. The lowest BCUT2D eigenvalue weighted by atomic mass is 10.1. The molecule has 0 radical (unpaired) electrons. The number of nitrogens with zero attached hydrogens (tertiary/aromatic N) is 2. The third kappa shape index (κ3) is 2.29. The van der Waals surface area contributed by atoms with Crippen LogP contribution in [0.2, 0.25) is 0 Å². The van der Waals surface area contributed by atoms with E-state index in [0.29, 0.717) is 23.6 Å². The van der Waals surface area contributed by atoms with E-state index in [0.717, 1.165) is 12.0 Å². The molecule has 0 aliphatic heterocycles. The third-order valence-corrected chi connectivity index (χ3v) is 3.90. The molecule has 0 amide bonds. The van der Waals surface area contributed by atoms with Gasteiger partial charge in [0.1, 0.15) is 5.75 Å². The Morgan fingerprint density at radius 3 is 2.48 bits per heavy atom. The number of rotatable bonds is 3. The average molecular weight is 278 g/mol. The highest BCUT2D eigenvalue weighted by Gasteiger charge is 2.43. The Morgan fingerprint density at radius 2 is 1.71 bits per heavy atom. The quantitative estimate of drug-likeness (QED) is 0.793. The molecular formula is C17H14N2O2. The molecule has 2 unspecified atom stereocenters. The number of phenols is 1. The van der Waals surface area contributed by atoms with Crippen LogP contribution < -0.4 is 0 Å². The van der Waals surface area contributed by atoms with Crippen LogP contribution in [-0.2, 0) is 0 Å². The summed E-state index contributed by atoms with van der Waals surface area (Å²) in [5.41, 5.74) is 2.17. The highest BCUT2D eigenvalue weighted by Crippen LogP contribution is 2.54. The van der Waals surface area contributed by atoms with Crippen molar-refractivity contribution in [3.05, 3.63) is 66.1 Å². The Balaban J connectivity index is 1.55. The maximum atomic E-state index is 9.30. The normalized spacial score (nSPS) is 20.4. The van der Waals surface area contributed by atoms with E-state index >= 15 is 0 Å². The summed E-state index contributed by atoms with van der Waals surface area (Å²) < 4.78 is 5.40. The minimum Gasteiger partial charge on any atom is -0.508 e. The van der Waals surface area contributed by atoms with Crippen molar-refractivity contribution >= 4 is 0 Å². The predicted octanol–water partition coefficient (Wildman–Crippen LogP) is 3.71. The van der Waals surface area contributed by atoms with Gasteiger partial charge < -0.3 is 9.63 Å². The van der Waals surface area contributed by atoms with Gasteiger partial charge in [-0.25, -0.2) is 0 Å². The second-order valence-electron chi connectivity index (χ2n) is 5.36. The van der Waals surface area contributed by atoms with Crippen molar-refractivity contribution in [3.8, 4) is 17.1 Å². The molecule has 3 aromatic rings. The van der Waals surface area contributed by atoms with E-state index < -0.39 is 0 Å². The van der Waals surface area contributed by atoms with Crippen molar-refractivity contribution in [2.75, 3.05) is 0 Å². The molecule has 1 fully saturated rings. The summed E-state index contributed by atoms with van der Waals surface area (Å²) in [6.07, 6.45) is 1.06. The van der Waals surface area contributed by atoms with E-state index in [4.69, 9.17) is 4.52 Å². The lowest BCUT2D eigenvalue weighted by Gasteiger charge is -1.96. The monoisotopic (exact) mass is 278 g/mol. The third-order valence-electron chi connectivity index (χ3n) is 3.90. The summed E-state index contributed by atoms with van der Waals surface area (Å²) in [4.78, 5) is 4.49. The molecule has 21 heavy (non-hydrogen) atoms. The van der Waals surface area contributed by atoms with Gasteiger partial charge in [-0.05, 0) is 42.2 Å². The van der Waals surface area contributed by atoms with Gasteiger partial charge in [0.2, 0.25) is 11.7 Å². The van der Waals surface area contributed by atoms with Crippen molar-refractivity contribution in [3.63, 3.8) is 0 Å². The Bertz CT molecular complexity index is 750. The fourth-order valence-electron chi connectivity index (χ4n) is 2.65. The molecule has 1 aliphatic rings. The summed E-state index contributed by atoms with van der Waals surface area (Å²) in [6, 6.07) is 17.2. The fraction of sp³-hybridized carbons (Fsp3) is 0.176. The first-order valence-electron chi connectivity index (χ1n) is 6.99. The maximum Gasteiger partial charge on any atom is 0.230 e. The van der Waals surface area contributed by atoms with Gasteiger partial charge in [0, 0.05) is 11.5 Å². The van der Waals surface area contributed by atoms with Gasteiger partial charge >= 0.3 is 0 Å². The summed E-state index contributed by atoms with van der Waals surface area (Å²) in [6.45, 7) is 0. The Hall–Kier alpha value is -2.62. The van der Waals surface area contributed by atoms with Crippen LogP contribution in [0.25, 0.3) is 11.4 Å². The Labute approximate surface area is 122 Å². The summed E-state index contributed by atoms with van der Waals surface area (Å²) in [7, 11) is 0. The van der Waals surface area contributed by atoms with Gasteiger partial charge in [0.15, 0.2) is 0 Å². The van der Waals surface area contributed by atoms with Crippen molar-refractivity contribution in [2.24, 2.45) is 0 Å². The minimum absolute atomic E-state index is 0.230. The zero-order valence-electron chi connectivity index (χ0n) is 11.3. The van der Waals surface area contributed by atoms with Gasteiger partial charge in [0.25, 0.3) is 0 Å². The lowest BCUT2D eigenvalue weighted by molar-refractivity contribution is 0.378. The van der Waals surface area contributed by atoms with E-state index in [-0.39, 0.29) is 5.75 Å². The van der Waals surface area contributed by atoms with E-state index in [1.54, 1.807) is 24.3 Å². The maximum absolute atomic E-state index is 9.30. The first-order valence-corrected chi connectivity index (χ1v) is 6.99. The van der Waals surface area contributed by atoms with Crippen LogP contribution in [0, 0.1) is 0 Å². The van der Waals surface area contributed by atoms with Gasteiger partial charge in [-0.3, -0.25) is 0 Å². The SMILES string of the molecule is Oc1ccc(-c2noc(C3CC3c3ccccc3)n2)cc1. The van der Waals surface area contributed by atoms with Gasteiger partial charge in [-0.1, -0.05) is 35.5 Å². The molecule has 0 spiro atoms. The molecule has 1 N–H and O–H groups in total. The summed E-state index contributed by atoms with van der Waals surface area (Å²) >= 11 is 0. The van der Waals surface area contributed by atoms with Crippen LogP contribution in [0.1, 0.15) is 29.7 Å². The Kier molecular flexibility index (Phi) is 2.74. The van der Waals surface area contributed by atoms with Gasteiger partial charge in [0.05, 0.1) is 0 Å². The topological polar surface area (TPSA) is 59.2 Å². The summed E-state index contributed by atoms with van der Waals surface area (Å²) in [5, 5.41) is 13.3. The van der Waals surface area contributed by atoms with Gasteiger partial charge in [-0.2, -0.15) is 4.98 Å². The zero-order chi connectivity index (χ0) is 14.2. The predicted molar refractivity (Wildman–Crippen MR) is 77.9 cm³/mol. The van der Waals surface area contributed by atoms with Crippen molar-refractivity contribution in [1.29, 1.82) is 0 Å². The molecule has 1 saturated carbocycles. The number of aromatic hydroxyl groups is 1. The van der Waals surface area contributed by atoms with E-state index in [1.807, 2.05) is 6.07 Å². The highest BCUT2D eigenvalue weighted by atomic mass is 16.5. The van der Waals surface area contributed by atoms with E-state index in [1.165, 1.54) is 5.56 Å². The number of benzene rings is 2. The first-order chi connectivity index (χ1) is 10.3. The summed E-state index contributed by atoms with van der Waals surface area (Å²) in [5.74, 6) is 2.31. The molecule has 1 aliphatic carbocycles. The van der Waals surface area contributed by atoms with Crippen LogP contribution in [0.3, 0.4) is 0 Å². The van der Waals surface area contributed by atoms with E-state index in [2.05, 4.69) is 34.4 Å². The minimum atomic E-state index is 0.230. The number of hydrogen-bond acceptors (Lipinski definition) is 4. The van der Waals surface area contributed by atoms with Crippen LogP contribution in [0.15, 0.2) is 59.1 Å². The Morgan fingerprint density at radius 1 is 0.952 bits per heavy atom. The molecule has 4 heteroatoms. The van der Waals surface area contributed by atoms with Crippen LogP contribution in [0.5, 0.6) is 5.75 Å². The molecule has 0 saturated heterocycles. The van der Waals surface area contributed by atoms with Crippen molar-refractivity contribution < 1.29 is 9.63 Å². The number of hydrogen-bond donors (Lipinski definition) is 1. The molecule has 104 valence electrons. The molecular weight excluding hydrogens is 264 g/mol. The zero-order valence-corrected chi connectivity index (χ0v) is 11.3. The molecule has 0 bridgehead atoms. The second kappa shape index (κ2) is 4.74. The molecule has 1 heterocycles. The molecule has 4 nitrogen and oxygen atoms in total. The van der Waals surface area contributed by atoms with Crippen molar-refractivity contribution in [1.82, 2.24) is 10.1 Å². The van der Waals surface area contributed by atoms with Crippen LogP contribution >= 0.6 is 0 Å². The molecule has 1 aromatic heterocycles. The highest BCUT2D eigenvalue weighted by molar-refractivity contribution is 5.55. The average Bonchev–Trinajstić information content (AvgIpc) is 3.18. The number of aromatic nitrogens is 2. The lowest BCUT2D eigenvalue weighted by Crippen LogP contribution is -1.85. The second-order valence-corrected chi connectivity index (χ2v) is 5.36. The smallest absolute Gasteiger partial charge is 0.230 e. The number of phenolic OH excluding ortho intramolecular Hbond substituents is 1. The van der Waals surface area contributed by atoms with Crippen molar-refractivity contribution in [2.45, 2.75) is 18.3 Å². The molecule has 2 aromatic carbocycles. The molecule has 4 rings (SSSR count). The van der Waals surface area contributed by atoms with Crippen LogP contribution in [-0.4, -0.2) is 15.2 Å². The first kappa shape index (κ1) is 12.1. The largest absolute Gasteiger partial charge is 0.508 e. The fourth-order valence-corrected chi connectivity index (χ4v) is 2.65. The van der Waals surface area contributed by atoms with Gasteiger partial charge in [-0.15, -0.1) is 0 Å². The van der Waals surface area contributed by atoms with Crippen LogP contribution in [0.4, 0.5) is 0 Å². The van der Waals surface area contributed by atoms with E-state index in [9.17, 15) is 5.11 Å².